The third-order valence-corrected chi connectivity index (χ3v) is 6.30. The van der Waals surface area contributed by atoms with Crippen LogP contribution in [0.4, 0.5) is 14.3 Å². The van der Waals surface area contributed by atoms with Gasteiger partial charge in [-0.15, -0.1) is 0 Å². The number of carbonyl (C=O) groups is 2. The Bertz CT molecular complexity index is 1090. The Kier molecular flexibility index (Phi) is 5.94. The van der Waals surface area contributed by atoms with E-state index in [2.05, 4.69) is 15.3 Å². The fraction of sp³-hybridized carbons (Fsp3) is 0.273. The molecule has 2 aromatic heterocycles. The van der Waals surface area contributed by atoms with Gasteiger partial charge in [0.1, 0.15) is 10.7 Å². The first-order chi connectivity index (χ1) is 14.9. The predicted octanol–water partition coefficient (Wildman–Crippen LogP) is 3.75. The van der Waals surface area contributed by atoms with Gasteiger partial charge >= 0.3 is 6.03 Å². The number of anilines is 1. The molecular formula is C22H22FN5O2S. The Morgan fingerprint density at radius 2 is 2.03 bits per heavy atom. The van der Waals surface area contributed by atoms with Crippen LogP contribution in [0.5, 0.6) is 0 Å². The van der Waals surface area contributed by atoms with E-state index in [9.17, 15) is 14.0 Å². The van der Waals surface area contributed by atoms with Crippen molar-refractivity contribution in [3.63, 3.8) is 0 Å². The van der Waals surface area contributed by atoms with E-state index in [-0.39, 0.29) is 23.8 Å². The summed E-state index contributed by atoms with van der Waals surface area (Å²) in [6.07, 6.45) is 3.38. The second kappa shape index (κ2) is 8.81. The number of pyridine rings is 1. The summed E-state index contributed by atoms with van der Waals surface area (Å²) in [4.78, 5) is 38.0. The molecule has 1 saturated heterocycles. The minimum atomic E-state index is -0.307. The van der Waals surface area contributed by atoms with Gasteiger partial charge in [-0.1, -0.05) is 29.5 Å². The molecule has 1 atom stereocenters. The van der Waals surface area contributed by atoms with Gasteiger partial charge < -0.3 is 10.2 Å². The van der Waals surface area contributed by atoms with E-state index >= 15 is 0 Å². The standard InChI is InChI=1S/C22H22FN5O2S/c1-14-12-28(22(30)27(14)13-16-5-7-18(23)8-6-16)21-26-15(2)19(31-21)20(29)25-11-17-4-3-9-24-10-17/h3-10,14H,11-13H2,1-2H3,(H,25,29). The molecule has 3 aromatic rings. The lowest BCUT2D eigenvalue weighted by molar-refractivity contribution is 0.0954. The molecule has 7 nitrogen and oxygen atoms in total. The average molecular weight is 440 g/mol. The minimum Gasteiger partial charge on any atom is -0.347 e. The SMILES string of the molecule is Cc1nc(N2CC(C)N(Cc3ccc(F)cc3)C2=O)sc1C(=O)NCc1cccnc1. The highest BCUT2D eigenvalue weighted by Gasteiger charge is 2.37. The third-order valence-electron chi connectivity index (χ3n) is 5.12. The molecule has 31 heavy (non-hydrogen) atoms. The maximum absolute atomic E-state index is 13.2. The number of amides is 3. The van der Waals surface area contributed by atoms with E-state index in [0.717, 1.165) is 11.1 Å². The molecule has 160 valence electrons. The van der Waals surface area contributed by atoms with Crippen LogP contribution in [-0.2, 0) is 13.1 Å². The number of hydrogen-bond donors (Lipinski definition) is 1. The van der Waals surface area contributed by atoms with Crippen molar-refractivity contribution >= 4 is 28.4 Å². The van der Waals surface area contributed by atoms with Crippen LogP contribution in [0, 0.1) is 12.7 Å². The number of nitrogens with one attached hydrogen (secondary N) is 1. The number of benzene rings is 1. The van der Waals surface area contributed by atoms with Crippen LogP contribution in [-0.4, -0.2) is 39.4 Å². The highest BCUT2D eigenvalue weighted by Crippen LogP contribution is 2.31. The van der Waals surface area contributed by atoms with Crippen LogP contribution < -0.4 is 10.2 Å². The van der Waals surface area contributed by atoms with Gasteiger partial charge in [-0.2, -0.15) is 0 Å². The van der Waals surface area contributed by atoms with Crippen molar-refractivity contribution in [2.75, 3.05) is 11.4 Å². The fourth-order valence-corrected chi connectivity index (χ4v) is 4.41. The topological polar surface area (TPSA) is 78.4 Å². The Hall–Kier alpha value is -3.33. The summed E-state index contributed by atoms with van der Waals surface area (Å²) in [6, 6.07) is 9.62. The van der Waals surface area contributed by atoms with E-state index in [1.165, 1.54) is 23.5 Å². The molecule has 0 radical (unpaired) electrons. The molecule has 0 saturated carbocycles. The van der Waals surface area contributed by atoms with Gasteiger partial charge in [0.05, 0.1) is 12.2 Å². The zero-order chi connectivity index (χ0) is 22.0. The average Bonchev–Trinajstić information content (AvgIpc) is 3.29. The second-order valence-corrected chi connectivity index (χ2v) is 8.43. The first-order valence-electron chi connectivity index (χ1n) is 9.89. The number of rotatable bonds is 6. The maximum atomic E-state index is 13.2. The van der Waals surface area contributed by atoms with Gasteiger partial charge in [0.15, 0.2) is 5.13 Å². The molecule has 1 N–H and O–H groups in total. The summed E-state index contributed by atoms with van der Waals surface area (Å²) in [6.45, 7) is 4.95. The summed E-state index contributed by atoms with van der Waals surface area (Å²) in [5.74, 6) is -0.535. The van der Waals surface area contributed by atoms with Crippen molar-refractivity contribution in [1.82, 2.24) is 20.2 Å². The first-order valence-corrected chi connectivity index (χ1v) is 10.7. The third kappa shape index (κ3) is 4.56. The molecule has 0 bridgehead atoms. The van der Waals surface area contributed by atoms with Gasteiger partial charge in [-0.25, -0.2) is 14.2 Å². The lowest BCUT2D eigenvalue weighted by Crippen LogP contribution is -2.33. The van der Waals surface area contributed by atoms with Crippen LogP contribution in [0.2, 0.25) is 0 Å². The Labute approximate surface area is 183 Å². The number of nitrogens with zero attached hydrogens (tertiary/aromatic N) is 4. The fourth-order valence-electron chi connectivity index (χ4n) is 3.43. The number of aryl methyl sites for hydroxylation is 1. The monoisotopic (exact) mass is 439 g/mol. The Morgan fingerprint density at radius 1 is 1.26 bits per heavy atom. The van der Waals surface area contributed by atoms with Crippen molar-refractivity contribution in [2.24, 2.45) is 0 Å². The van der Waals surface area contributed by atoms with Crippen molar-refractivity contribution in [3.8, 4) is 0 Å². The van der Waals surface area contributed by atoms with Crippen LogP contribution in [0.3, 0.4) is 0 Å². The van der Waals surface area contributed by atoms with Crippen LogP contribution >= 0.6 is 11.3 Å². The molecule has 0 aliphatic carbocycles. The molecule has 1 fully saturated rings. The normalized spacial score (nSPS) is 16.1. The van der Waals surface area contributed by atoms with Gasteiger partial charge in [0.2, 0.25) is 0 Å². The highest BCUT2D eigenvalue weighted by atomic mass is 32.1. The molecule has 1 unspecified atom stereocenters. The lowest BCUT2D eigenvalue weighted by atomic mass is 10.2. The molecule has 9 heteroatoms. The van der Waals surface area contributed by atoms with Gasteiger partial charge in [0, 0.05) is 31.5 Å². The Balaban J connectivity index is 1.45. The van der Waals surface area contributed by atoms with E-state index in [0.29, 0.717) is 35.3 Å². The van der Waals surface area contributed by atoms with E-state index in [1.807, 2.05) is 19.1 Å². The summed E-state index contributed by atoms with van der Waals surface area (Å²) in [5, 5.41) is 3.38. The molecule has 4 rings (SSSR count). The van der Waals surface area contributed by atoms with Crippen LogP contribution in [0.15, 0.2) is 48.8 Å². The lowest BCUT2D eigenvalue weighted by Gasteiger charge is -2.20. The highest BCUT2D eigenvalue weighted by molar-refractivity contribution is 7.17. The van der Waals surface area contributed by atoms with Crippen molar-refractivity contribution in [1.29, 1.82) is 0 Å². The van der Waals surface area contributed by atoms with Crippen LogP contribution in [0.25, 0.3) is 0 Å². The largest absolute Gasteiger partial charge is 0.347 e. The zero-order valence-electron chi connectivity index (χ0n) is 17.2. The summed E-state index contributed by atoms with van der Waals surface area (Å²) in [5.41, 5.74) is 2.34. The molecule has 1 aliphatic rings. The molecule has 1 aliphatic heterocycles. The smallest absolute Gasteiger partial charge is 0.326 e. The second-order valence-electron chi connectivity index (χ2n) is 7.45. The van der Waals surface area contributed by atoms with Gasteiger partial charge in [-0.05, 0) is 43.2 Å². The predicted molar refractivity (Wildman–Crippen MR) is 116 cm³/mol. The maximum Gasteiger partial charge on any atom is 0.326 e. The molecule has 3 heterocycles. The number of urea groups is 1. The van der Waals surface area contributed by atoms with Gasteiger partial charge in [0.25, 0.3) is 5.91 Å². The molecule has 0 spiro atoms. The van der Waals surface area contributed by atoms with Crippen molar-refractivity contribution in [3.05, 3.63) is 76.3 Å². The number of hydrogen-bond acceptors (Lipinski definition) is 5. The van der Waals surface area contributed by atoms with Crippen LogP contribution in [0.1, 0.15) is 33.4 Å². The molecule has 3 amide bonds. The van der Waals surface area contributed by atoms with Gasteiger partial charge in [-0.3, -0.25) is 14.7 Å². The van der Waals surface area contributed by atoms with E-state index in [4.69, 9.17) is 0 Å². The van der Waals surface area contributed by atoms with Crippen molar-refractivity contribution < 1.29 is 14.0 Å². The molecular weight excluding hydrogens is 417 g/mol. The molecule has 1 aromatic carbocycles. The minimum absolute atomic E-state index is 0.0374. The summed E-state index contributed by atoms with van der Waals surface area (Å²) in [7, 11) is 0. The number of thiazole rings is 1. The zero-order valence-corrected chi connectivity index (χ0v) is 18.0. The number of aromatic nitrogens is 2. The van der Waals surface area contributed by atoms with Crippen molar-refractivity contribution in [2.45, 2.75) is 33.0 Å². The number of carbonyl (C=O) groups excluding carboxylic acids is 2. The quantitative estimate of drug-likeness (QED) is 0.635. The van der Waals surface area contributed by atoms with E-state index in [1.54, 1.807) is 41.2 Å². The first kappa shape index (κ1) is 20.9. The Morgan fingerprint density at radius 3 is 2.74 bits per heavy atom. The van der Waals surface area contributed by atoms with E-state index < -0.39 is 0 Å². The summed E-state index contributed by atoms with van der Waals surface area (Å²) >= 11 is 1.21. The summed E-state index contributed by atoms with van der Waals surface area (Å²) < 4.78 is 13.2. The number of halogens is 1.